The third kappa shape index (κ3) is 3.20. The number of carbonyl (C=O) groups excluding carboxylic acids is 1. The Morgan fingerprint density at radius 3 is 2.60 bits per heavy atom. The standard InChI is InChI=1S/C13H15ClN2O4/c1-20-10-6-11(12(17)18)16(7-10)13(19)15-9-4-2-8(14)3-5-9/h2-5,10-11H,6-7H2,1H3,(H,15,19)(H,17,18)/t10-,11-/m1/s1. The van der Waals surface area contributed by atoms with Gasteiger partial charge in [-0.25, -0.2) is 9.59 Å². The Labute approximate surface area is 121 Å². The molecule has 1 aliphatic heterocycles. The van der Waals surface area contributed by atoms with Crippen LogP contribution in [0.4, 0.5) is 10.5 Å². The summed E-state index contributed by atoms with van der Waals surface area (Å²) in [5.41, 5.74) is 0.560. The van der Waals surface area contributed by atoms with Crippen molar-refractivity contribution in [1.29, 1.82) is 0 Å². The van der Waals surface area contributed by atoms with Crippen LogP contribution >= 0.6 is 11.6 Å². The van der Waals surface area contributed by atoms with E-state index in [9.17, 15) is 9.59 Å². The van der Waals surface area contributed by atoms with Crippen LogP contribution in [-0.4, -0.2) is 47.8 Å². The van der Waals surface area contributed by atoms with Crippen molar-refractivity contribution < 1.29 is 19.4 Å². The van der Waals surface area contributed by atoms with Gasteiger partial charge in [-0.15, -0.1) is 0 Å². The van der Waals surface area contributed by atoms with Crippen LogP contribution in [0.1, 0.15) is 6.42 Å². The summed E-state index contributed by atoms with van der Waals surface area (Å²) in [5.74, 6) is -1.03. The molecule has 2 rings (SSSR count). The van der Waals surface area contributed by atoms with Gasteiger partial charge < -0.3 is 20.1 Å². The Balaban J connectivity index is 2.07. The van der Waals surface area contributed by atoms with Gasteiger partial charge in [0.05, 0.1) is 6.10 Å². The molecule has 2 amide bonds. The van der Waals surface area contributed by atoms with Crippen LogP contribution in [0.5, 0.6) is 0 Å². The molecule has 1 aromatic carbocycles. The monoisotopic (exact) mass is 298 g/mol. The first kappa shape index (κ1) is 14.6. The number of halogens is 1. The Hall–Kier alpha value is -1.79. The van der Waals surface area contributed by atoms with Crippen molar-refractivity contribution in [2.45, 2.75) is 18.6 Å². The number of nitrogens with one attached hydrogen (secondary N) is 1. The number of likely N-dealkylation sites (tertiary alicyclic amines) is 1. The number of carboxylic acid groups (broad SMARTS) is 1. The van der Waals surface area contributed by atoms with E-state index in [0.29, 0.717) is 17.1 Å². The van der Waals surface area contributed by atoms with E-state index in [0.717, 1.165) is 0 Å². The average molecular weight is 299 g/mol. The highest BCUT2D eigenvalue weighted by molar-refractivity contribution is 6.30. The fourth-order valence-electron chi connectivity index (χ4n) is 2.16. The number of hydrogen-bond donors (Lipinski definition) is 2. The molecule has 2 atom stereocenters. The minimum Gasteiger partial charge on any atom is -0.480 e. The zero-order valence-electron chi connectivity index (χ0n) is 10.9. The molecule has 108 valence electrons. The Morgan fingerprint density at radius 2 is 2.05 bits per heavy atom. The molecule has 0 radical (unpaired) electrons. The predicted octanol–water partition coefficient (Wildman–Crippen LogP) is 2.05. The van der Waals surface area contributed by atoms with Crippen LogP contribution in [-0.2, 0) is 9.53 Å². The van der Waals surface area contributed by atoms with Crippen molar-refractivity contribution in [3.63, 3.8) is 0 Å². The number of aliphatic carboxylic acids is 1. The summed E-state index contributed by atoms with van der Waals surface area (Å²) in [4.78, 5) is 24.6. The lowest BCUT2D eigenvalue weighted by Gasteiger charge is -2.21. The van der Waals surface area contributed by atoms with Crippen LogP contribution in [0, 0.1) is 0 Å². The normalized spacial score (nSPS) is 21.8. The molecule has 1 heterocycles. The number of hydrogen-bond acceptors (Lipinski definition) is 3. The minimum absolute atomic E-state index is 0.257. The molecule has 1 saturated heterocycles. The first-order chi connectivity index (χ1) is 9.51. The van der Waals surface area contributed by atoms with Crippen LogP contribution in [0.3, 0.4) is 0 Å². The quantitative estimate of drug-likeness (QED) is 0.895. The smallest absolute Gasteiger partial charge is 0.326 e. The number of urea groups is 1. The molecule has 0 bridgehead atoms. The lowest BCUT2D eigenvalue weighted by molar-refractivity contribution is -0.141. The van der Waals surface area contributed by atoms with Gasteiger partial charge in [0.1, 0.15) is 6.04 Å². The van der Waals surface area contributed by atoms with E-state index in [1.165, 1.54) is 12.0 Å². The largest absolute Gasteiger partial charge is 0.480 e. The summed E-state index contributed by atoms with van der Waals surface area (Å²) in [7, 11) is 1.50. The van der Waals surface area contributed by atoms with Crippen molar-refractivity contribution in [2.75, 3.05) is 19.0 Å². The Kier molecular flexibility index (Phi) is 4.46. The third-order valence-corrected chi connectivity index (χ3v) is 3.49. The summed E-state index contributed by atoms with van der Waals surface area (Å²) in [6.07, 6.45) is 0.0342. The van der Waals surface area contributed by atoms with Crippen molar-refractivity contribution in [3.8, 4) is 0 Å². The predicted molar refractivity (Wildman–Crippen MR) is 74.0 cm³/mol. The minimum atomic E-state index is -1.03. The maximum atomic E-state index is 12.1. The van der Waals surface area contributed by atoms with E-state index in [1.807, 2.05) is 0 Å². The maximum Gasteiger partial charge on any atom is 0.326 e. The Bertz CT molecular complexity index is 506. The number of anilines is 1. The molecular formula is C13H15ClN2O4. The Morgan fingerprint density at radius 1 is 1.40 bits per heavy atom. The molecule has 20 heavy (non-hydrogen) atoms. The number of carbonyl (C=O) groups is 2. The molecule has 0 aromatic heterocycles. The first-order valence-corrected chi connectivity index (χ1v) is 6.48. The highest BCUT2D eigenvalue weighted by atomic mass is 35.5. The topological polar surface area (TPSA) is 78.9 Å². The highest BCUT2D eigenvalue weighted by Crippen LogP contribution is 2.22. The van der Waals surface area contributed by atoms with Gasteiger partial charge in [-0.2, -0.15) is 0 Å². The van der Waals surface area contributed by atoms with Crippen molar-refractivity contribution >= 4 is 29.3 Å². The van der Waals surface area contributed by atoms with Crippen molar-refractivity contribution in [2.24, 2.45) is 0 Å². The summed E-state index contributed by atoms with van der Waals surface area (Å²) in [6.45, 7) is 0.257. The highest BCUT2D eigenvalue weighted by Gasteiger charge is 2.39. The fourth-order valence-corrected chi connectivity index (χ4v) is 2.28. The van der Waals surface area contributed by atoms with Gasteiger partial charge in [0.2, 0.25) is 0 Å². The van der Waals surface area contributed by atoms with Crippen LogP contribution < -0.4 is 5.32 Å². The number of ether oxygens (including phenoxy) is 1. The number of amides is 2. The van der Waals surface area contributed by atoms with Crippen molar-refractivity contribution in [1.82, 2.24) is 4.90 Å². The average Bonchev–Trinajstić information content (AvgIpc) is 2.86. The molecule has 1 fully saturated rings. The summed E-state index contributed by atoms with van der Waals surface area (Å²) in [5, 5.41) is 12.4. The van der Waals surface area contributed by atoms with Gasteiger partial charge in [0.25, 0.3) is 0 Å². The second-order valence-electron chi connectivity index (χ2n) is 4.54. The molecule has 1 aliphatic rings. The lowest BCUT2D eigenvalue weighted by atomic mass is 10.2. The number of methoxy groups -OCH3 is 1. The second-order valence-corrected chi connectivity index (χ2v) is 4.97. The van der Waals surface area contributed by atoms with E-state index >= 15 is 0 Å². The van der Waals surface area contributed by atoms with E-state index in [2.05, 4.69) is 5.32 Å². The molecular weight excluding hydrogens is 284 g/mol. The molecule has 0 unspecified atom stereocenters. The van der Waals surface area contributed by atoms with Gasteiger partial charge in [-0.05, 0) is 24.3 Å². The SMILES string of the molecule is CO[C@@H]1C[C@H](C(=O)O)N(C(=O)Nc2ccc(Cl)cc2)C1. The number of carboxylic acids is 1. The fraction of sp³-hybridized carbons (Fsp3) is 0.385. The molecule has 7 heteroatoms. The van der Waals surface area contributed by atoms with Gasteiger partial charge in [0, 0.05) is 30.8 Å². The van der Waals surface area contributed by atoms with E-state index in [-0.39, 0.29) is 12.6 Å². The zero-order chi connectivity index (χ0) is 14.7. The van der Waals surface area contributed by atoms with Crippen molar-refractivity contribution in [3.05, 3.63) is 29.3 Å². The third-order valence-electron chi connectivity index (χ3n) is 3.24. The number of benzene rings is 1. The van der Waals surface area contributed by atoms with Crippen LogP contribution in [0.15, 0.2) is 24.3 Å². The van der Waals surface area contributed by atoms with E-state index in [4.69, 9.17) is 21.4 Å². The van der Waals surface area contributed by atoms with Crippen LogP contribution in [0.25, 0.3) is 0 Å². The van der Waals surface area contributed by atoms with Gasteiger partial charge in [-0.1, -0.05) is 11.6 Å². The van der Waals surface area contributed by atoms with E-state index in [1.54, 1.807) is 24.3 Å². The summed E-state index contributed by atoms with van der Waals surface area (Å²) >= 11 is 5.76. The molecule has 6 nitrogen and oxygen atoms in total. The molecule has 0 spiro atoms. The van der Waals surface area contributed by atoms with Crippen LogP contribution in [0.2, 0.25) is 5.02 Å². The molecule has 0 aliphatic carbocycles. The molecule has 2 N–H and O–H groups in total. The zero-order valence-corrected chi connectivity index (χ0v) is 11.6. The van der Waals surface area contributed by atoms with Gasteiger partial charge in [-0.3, -0.25) is 0 Å². The van der Waals surface area contributed by atoms with E-state index < -0.39 is 18.0 Å². The van der Waals surface area contributed by atoms with Gasteiger partial charge >= 0.3 is 12.0 Å². The van der Waals surface area contributed by atoms with Gasteiger partial charge in [0.15, 0.2) is 0 Å². The summed E-state index contributed by atoms with van der Waals surface area (Å²) < 4.78 is 5.14. The number of nitrogens with zero attached hydrogens (tertiary/aromatic N) is 1. The number of rotatable bonds is 3. The summed E-state index contributed by atoms with van der Waals surface area (Å²) in [6, 6.07) is 5.27. The molecule has 1 aromatic rings. The second kappa shape index (κ2) is 6.11. The maximum absolute atomic E-state index is 12.1. The first-order valence-electron chi connectivity index (χ1n) is 6.10. The molecule has 0 saturated carbocycles. The lowest BCUT2D eigenvalue weighted by Crippen LogP contribution is -2.43.